The smallest absolute Gasteiger partial charge is 0.0589 e. The van der Waals surface area contributed by atoms with Crippen LogP contribution in [0, 0.1) is 0 Å². The Kier molecular flexibility index (Phi) is 7.28. The Labute approximate surface area is 115 Å². The van der Waals surface area contributed by atoms with Gasteiger partial charge in [-0.3, -0.25) is 0 Å². The van der Waals surface area contributed by atoms with Crippen LogP contribution in [0.3, 0.4) is 0 Å². The van der Waals surface area contributed by atoms with Crippen LogP contribution in [-0.2, 0) is 4.74 Å². The number of nitrogens with one attached hydrogen (secondary N) is 1. The van der Waals surface area contributed by atoms with Gasteiger partial charge in [0.15, 0.2) is 0 Å². The monoisotopic (exact) mass is 270 g/mol. The molecule has 1 aromatic rings. The van der Waals surface area contributed by atoms with Crippen molar-refractivity contribution in [1.82, 2.24) is 10.2 Å². The van der Waals surface area contributed by atoms with E-state index in [9.17, 15) is 0 Å². The first-order valence-electron chi connectivity index (χ1n) is 6.30. The maximum atomic E-state index is 5.87. The summed E-state index contributed by atoms with van der Waals surface area (Å²) in [6, 6.07) is 8.33. The van der Waals surface area contributed by atoms with Gasteiger partial charge in [0, 0.05) is 37.8 Å². The van der Waals surface area contributed by atoms with Crippen LogP contribution in [0.2, 0.25) is 5.02 Å². The van der Waals surface area contributed by atoms with Crippen molar-refractivity contribution in [2.45, 2.75) is 13.0 Å². The predicted octanol–water partition coefficient (Wildman–Crippen LogP) is 2.57. The van der Waals surface area contributed by atoms with E-state index >= 15 is 0 Å². The number of ether oxygens (including phenoxy) is 1. The lowest BCUT2D eigenvalue weighted by Crippen LogP contribution is -2.32. The topological polar surface area (TPSA) is 24.5 Å². The van der Waals surface area contributed by atoms with Crippen molar-refractivity contribution in [2.75, 3.05) is 40.4 Å². The molecule has 1 atom stereocenters. The van der Waals surface area contributed by atoms with E-state index in [-0.39, 0.29) is 0 Å². The number of likely N-dealkylation sites (N-methyl/N-ethyl adjacent to an activating group) is 1. The molecule has 0 aromatic heterocycles. The number of hydrogen-bond acceptors (Lipinski definition) is 3. The summed E-state index contributed by atoms with van der Waals surface area (Å²) in [6.45, 7) is 5.89. The summed E-state index contributed by atoms with van der Waals surface area (Å²) in [5.74, 6) is 0. The average molecular weight is 271 g/mol. The lowest BCUT2D eigenvalue weighted by atomic mass is 10.1. The van der Waals surface area contributed by atoms with Crippen molar-refractivity contribution < 1.29 is 4.74 Å². The van der Waals surface area contributed by atoms with E-state index in [1.165, 1.54) is 5.56 Å². The molecule has 0 heterocycles. The van der Waals surface area contributed by atoms with E-state index in [2.05, 4.69) is 36.3 Å². The molecule has 4 heteroatoms. The SMILES string of the molecule is COCCN(C)CCNC(C)c1ccc(Cl)cc1. The number of hydrogen-bond donors (Lipinski definition) is 1. The van der Waals surface area contributed by atoms with Crippen molar-refractivity contribution in [3.8, 4) is 0 Å². The molecule has 0 aliphatic heterocycles. The van der Waals surface area contributed by atoms with Gasteiger partial charge in [-0.25, -0.2) is 0 Å². The summed E-state index contributed by atoms with van der Waals surface area (Å²) >= 11 is 5.87. The van der Waals surface area contributed by atoms with Crippen molar-refractivity contribution in [1.29, 1.82) is 0 Å². The van der Waals surface area contributed by atoms with E-state index in [1.807, 2.05) is 12.1 Å². The summed E-state index contributed by atoms with van der Waals surface area (Å²) in [7, 11) is 3.84. The molecule has 0 saturated carbocycles. The van der Waals surface area contributed by atoms with Crippen molar-refractivity contribution in [2.24, 2.45) is 0 Å². The number of nitrogens with zero attached hydrogens (tertiary/aromatic N) is 1. The highest BCUT2D eigenvalue weighted by atomic mass is 35.5. The van der Waals surface area contributed by atoms with Gasteiger partial charge in [0.25, 0.3) is 0 Å². The van der Waals surface area contributed by atoms with Crippen molar-refractivity contribution in [3.63, 3.8) is 0 Å². The highest BCUT2D eigenvalue weighted by molar-refractivity contribution is 6.30. The molecule has 0 bridgehead atoms. The Morgan fingerprint density at radius 1 is 1.28 bits per heavy atom. The van der Waals surface area contributed by atoms with Gasteiger partial charge < -0.3 is 15.0 Å². The molecule has 0 fully saturated rings. The van der Waals surface area contributed by atoms with Gasteiger partial charge in [0.2, 0.25) is 0 Å². The molecule has 1 N–H and O–H groups in total. The van der Waals surface area contributed by atoms with E-state index < -0.39 is 0 Å². The summed E-state index contributed by atoms with van der Waals surface area (Å²) < 4.78 is 5.05. The molecule has 0 spiro atoms. The van der Waals surface area contributed by atoms with Gasteiger partial charge in [-0.1, -0.05) is 23.7 Å². The zero-order chi connectivity index (χ0) is 13.4. The van der Waals surface area contributed by atoms with E-state index in [0.29, 0.717) is 6.04 Å². The second kappa shape index (κ2) is 8.48. The third-order valence-corrected chi connectivity index (χ3v) is 3.24. The van der Waals surface area contributed by atoms with E-state index in [1.54, 1.807) is 7.11 Å². The lowest BCUT2D eigenvalue weighted by Gasteiger charge is -2.19. The molecule has 0 amide bonds. The normalized spacial score (nSPS) is 12.9. The largest absolute Gasteiger partial charge is 0.383 e. The maximum absolute atomic E-state index is 5.87. The molecule has 18 heavy (non-hydrogen) atoms. The van der Waals surface area contributed by atoms with Gasteiger partial charge >= 0.3 is 0 Å². The first-order valence-corrected chi connectivity index (χ1v) is 6.67. The number of benzene rings is 1. The van der Waals surface area contributed by atoms with E-state index in [0.717, 1.165) is 31.3 Å². The van der Waals surface area contributed by atoms with Crippen LogP contribution in [0.15, 0.2) is 24.3 Å². The summed E-state index contributed by atoms with van der Waals surface area (Å²) in [6.07, 6.45) is 0. The van der Waals surface area contributed by atoms with Gasteiger partial charge in [0.1, 0.15) is 0 Å². The Hall–Kier alpha value is -0.610. The Bertz CT molecular complexity index is 329. The van der Waals surface area contributed by atoms with Crippen LogP contribution in [0.4, 0.5) is 0 Å². The summed E-state index contributed by atoms with van der Waals surface area (Å²) in [5.41, 5.74) is 1.26. The first-order chi connectivity index (χ1) is 8.63. The summed E-state index contributed by atoms with van der Waals surface area (Å²) in [4.78, 5) is 2.26. The molecule has 0 aliphatic rings. The molecule has 3 nitrogen and oxygen atoms in total. The number of rotatable bonds is 8. The molecule has 1 unspecified atom stereocenters. The number of halogens is 1. The second-order valence-corrected chi connectivity index (χ2v) is 4.96. The fraction of sp³-hybridized carbons (Fsp3) is 0.571. The molecule has 1 aromatic carbocycles. The Balaban J connectivity index is 2.24. The standard InChI is InChI=1S/C14H23ClN2O/c1-12(13-4-6-14(15)7-5-13)16-8-9-17(2)10-11-18-3/h4-7,12,16H,8-11H2,1-3H3. The molecule has 0 aliphatic carbocycles. The van der Waals surface area contributed by atoms with Gasteiger partial charge in [0.05, 0.1) is 6.61 Å². The Morgan fingerprint density at radius 2 is 1.94 bits per heavy atom. The highest BCUT2D eigenvalue weighted by Crippen LogP contribution is 2.15. The second-order valence-electron chi connectivity index (χ2n) is 4.52. The summed E-state index contributed by atoms with van der Waals surface area (Å²) in [5, 5.41) is 4.28. The Morgan fingerprint density at radius 3 is 2.56 bits per heavy atom. The van der Waals surface area contributed by atoms with Crippen LogP contribution >= 0.6 is 11.6 Å². The fourth-order valence-corrected chi connectivity index (χ4v) is 1.83. The van der Waals surface area contributed by atoms with Crippen LogP contribution in [-0.4, -0.2) is 45.3 Å². The van der Waals surface area contributed by atoms with Gasteiger partial charge in [-0.05, 0) is 31.7 Å². The third kappa shape index (κ3) is 5.83. The molecule has 0 radical (unpaired) electrons. The minimum atomic E-state index is 0.345. The molecule has 0 saturated heterocycles. The average Bonchev–Trinajstić information content (AvgIpc) is 2.37. The van der Waals surface area contributed by atoms with Crippen LogP contribution in [0.25, 0.3) is 0 Å². The lowest BCUT2D eigenvalue weighted by molar-refractivity contribution is 0.161. The fourth-order valence-electron chi connectivity index (χ4n) is 1.70. The third-order valence-electron chi connectivity index (χ3n) is 2.99. The molecular formula is C14H23ClN2O. The minimum Gasteiger partial charge on any atom is -0.383 e. The van der Waals surface area contributed by atoms with Crippen LogP contribution < -0.4 is 5.32 Å². The van der Waals surface area contributed by atoms with Gasteiger partial charge in [-0.2, -0.15) is 0 Å². The van der Waals surface area contributed by atoms with E-state index in [4.69, 9.17) is 16.3 Å². The van der Waals surface area contributed by atoms with Gasteiger partial charge in [-0.15, -0.1) is 0 Å². The molecule has 102 valence electrons. The van der Waals surface area contributed by atoms with Crippen LogP contribution in [0.1, 0.15) is 18.5 Å². The predicted molar refractivity (Wildman–Crippen MR) is 77.2 cm³/mol. The zero-order valence-electron chi connectivity index (χ0n) is 11.4. The van der Waals surface area contributed by atoms with Crippen molar-refractivity contribution >= 4 is 11.6 Å². The molecular weight excluding hydrogens is 248 g/mol. The van der Waals surface area contributed by atoms with Crippen molar-refractivity contribution in [3.05, 3.63) is 34.9 Å². The number of methoxy groups -OCH3 is 1. The zero-order valence-corrected chi connectivity index (χ0v) is 12.2. The quantitative estimate of drug-likeness (QED) is 0.786. The maximum Gasteiger partial charge on any atom is 0.0589 e. The molecule has 1 rings (SSSR count). The minimum absolute atomic E-state index is 0.345. The van der Waals surface area contributed by atoms with Crippen LogP contribution in [0.5, 0.6) is 0 Å². The highest BCUT2D eigenvalue weighted by Gasteiger charge is 2.04. The first kappa shape index (κ1) is 15.4.